The third kappa shape index (κ3) is 2.03. The summed E-state index contributed by atoms with van der Waals surface area (Å²) in [5.74, 6) is 0. The van der Waals surface area contributed by atoms with Gasteiger partial charge in [0, 0.05) is 6.07 Å². The average Bonchev–Trinajstić information content (AvgIpc) is 2.48. The van der Waals surface area contributed by atoms with E-state index in [1.165, 1.54) is 7.05 Å². The molecule has 0 unspecified atom stereocenters. The molecule has 0 aliphatic rings. The fourth-order valence-electron chi connectivity index (χ4n) is 0.696. The molecule has 0 spiro atoms. The van der Waals surface area contributed by atoms with Crippen LogP contribution in [-0.4, -0.2) is 20.4 Å². The number of sulfonamides is 1. The summed E-state index contributed by atoms with van der Waals surface area (Å²) in [7, 11) is -2.44. The predicted molar refractivity (Wildman–Crippen MR) is 52.2 cm³/mol. The first-order chi connectivity index (χ1) is 6.38. The highest BCUT2D eigenvalue weighted by atomic mass is 35.5. The zero-order valence-corrected chi connectivity index (χ0v) is 9.24. The quantitative estimate of drug-likeness (QED) is 0.650. The maximum Gasteiger partial charge on any atom is 0.300 e. The van der Waals surface area contributed by atoms with Gasteiger partial charge in [0.1, 0.15) is 4.21 Å². The lowest BCUT2D eigenvalue weighted by atomic mass is 10.6. The number of nitrogens with zero attached hydrogens (tertiary/aromatic N) is 1. The van der Waals surface area contributed by atoms with E-state index in [1.807, 2.05) is 4.72 Å². The van der Waals surface area contributed by atoms with Crippen LogP contribution in [0.1, 0.15) is 0 Å². The Morgan fingerprint density at radius 2 is 2.21 bits per heavy atom. The topological polar surface area (TPSA) is 89.3 Å². The number of nitrogens with one attached hydrogen (secondary N) is 1. The van der Waals surface area contributed by atoms with Crippen LogP contribution in [0.5, 0.6) is 0 Å². The van der Waals surface area contributed by atoms with Gasteiger partial charge in [-0.1, -0.05) is 11.6 Å². The summed E-state index contributed by atoms with van der Waals surface area (Å²) in [6.07, 6.45) is 0. The summed E-state index contributed by atoms with van der Waals surface area (Å²) < 4.78 is 24.1. The van der Waals surface area contributed by atoms with Gasteiger partial charge in [0.15, 0.2) is 4.34 Å². The van der Waals surface area contributed by atoms with Gasteiger partial charge in [-0.05, 0) is 7.05 Å². The summed E-state index contributed by atoms with van der Waals surface area (Å²) in [5, 5.41) is 10.4. The second-order valence-corrected chi connectivity index (χ2v) is 5.96. The number of hydrogen-bond donors (Lipinski definition) is 1. The van der Waals surface area contributed by atoms with E-state index in [0.717, 1.165) is 6.07 Å². The van der Waals surface area contributed by atoms with Crippen LogP contribution in [0.3, 0.4) is 0 Å². The Bertz CT molecular complexity index is 466. The largest absolute Gasteiger partial charge is 0.300 e. The molecule has 14 heavy (non-hydrogen) atoms. The van der Waals surface area contributed by atoms with Crippen molar-refractivity contribution in [3.8, 4) is 0 Å². The van der Waals surface area contributed by atoms with Crippen LogP contribution < -0.4 is 4.72 Å². The minimum Gasteiger partial charge on any atom is -0.258 e. The van der Waals surface area contributed by atoms with Gasteiger partial charge in [-0.25, -0.2) is 13.1 Å². The molecular weight excluding hydrogens is 252 g/mol. The van der Waals surface area contributed by atoms with E-state index in [9.17, 15) is 18.5 Å². The maximum absolute atomic E-state index is 11.2. The van der Waals surface area contributed by atoms with E-state index >= 15 is 0 Å². The van der Waals surface area contributed by atoms with Crippen LogP contribution in [0.2, 0.25) is 4.34 Å². The Hall–Kier alpha value is -0.700. The summed E-state index contributed by atoms with van der Waals surface area (Å²) in [5.41, 5.74) is -0.398. The molecule has 0 aliphatic carbocycles. The van der Waals surface area contributed by atoms with E-state index in [0.29, 0.717) is 11.3 Å². The minimum atomic E-state index is -3.65. The molecule has 0 saturated carbocycles. The minimum absolute atomic E-state index is 0.149. The van der Waals surface area contributed by atoms with Gasteiger partial charge in [0.25, 0.3) is 5.69 Å². The number of halogens is 1. The fourth-order valence-corrected chi connectivity index (χ4v) is 3.20. The summed E-state index contributed by atoms with van der Waals surface area (Å²) in [6.45, 7) is 0. The molecule has 0 amide bonds. The van der Waals surface area contributed by atoms with Crippen LogP contribution in [0.25, 0.3) is 0 Å². The average molecular weight is 257 g/mol. The third-order valence-corrected chi connectivity index (χ3v) is 4.60. The van der Waals surface area contributed by atoms with Crippen LogP contribution in [0, 0.1) is 10.1 Å². The van der Waals surface area contributed by atoms with Gasteiger partial charge in [0.2, 0.25) is 10.0 Å². The molecule has 1 aromatic rings. The Morgan fingerprint density at radius 3 is 2.57 bits per heavy atom. The highest BCUT2D eigenvalue weighted by Crippen LogP contribution is 2.35. The van der Waals surface area contributed by atoms with Crippen molar-refractivity contribution in [3.63, 3.8) is 0 Å². The van der Waals surface area contributed by atoms with E-state index in [4.69, 9.17) is 11.6 Å². The third-order valence-electron chi connectivity index (χ3n) is 1.38. The van der Waals surface area contributed by atoms with Gasteiger partial charge in [-0.2, -0.15) is 0 Å². The Labute approximate surface area is 88.7 Å². The molecule has 0 saturated heterocycles. The van der Waals surface area contributed by atoms with E-state index in [1.54, 1.807) is 0 Å². The Morgan fingerprint density at radius 1 is 1.64 bits per heavy atom. The molecule has 0 aromatic carbocycles. The number of nitro groups is 1. The molecular formula is C5H5ClN2O4S2. The van der Waals surface area contributed by atoms with Crippen LogP contribution in [0.4, 0.5) is 5.69 Å². The fraction of sp³-hybridized carbons (Fsp3) is 0.200. The molecule has 0 atom stereocenters. The van der Waals surface area contributed by atoms with Gasteiger partial charge in [-0.15, -0.1) is 11.3 Å². The SMILES string of the molecule is CNS(=O)(=O)c1cc([N+](=O)[O-])c(Cl)s1. The second-order valence-electron chi connectivity index (χ2n) is 2.19. The first-order valence-corrected chi connectivity index (χ1v) is 5.93. The van der Waals surface area contributed by atoms with E-state index in [-0.39, 0.29) is 8.55 Å². The molecule has 0 fully saturated rings. The molecule has 0 radical (unpaired) electrons. The number of hydrogen-bond acceptors (Lipinski definition) is 5. The molecule has 1 heterocycles. The summed E-state index contributed by atoms with van der Waals surface area (Å²) in [6, 6.07) is 0.929. The molecule has 1 N–H and O–H groups in total. The van der Waals surface area contributed by atoms with Crippen LogP contribution >= 0.6 is 22.9 Å². The van der Waals surface area contributed by atoms with Crippen molar-refractivity contribution in [2.24, 2.45) is 0 Å². The Kier molecular flexibility index (Phi) is 3.10. The van der Waals surface area contributed by atoms with Gasteiger partial charge >= 0.3 is 0 Å². The van der Waals surface area contributed by atoms with E-state index < -0.39 is 20.6 Å². The highest BCUT2D eigenvalue weighted by Gasteiger charge is 2.23. The zero-order chi connectivity index (χ0) is 10.9. The second kappa shape index (κ2) is 3.81. The molecule has 78 valence electrons. The molecule has 1 aromatic heterocycles. The van der Waals surface area contributed by atoms with Crippen molar-refractivity contribution in [1.82, 2.24) is 4.72 Å². The van der Waals surface area contributed by atoms with Crippen LogP contribution in [0.15, 0.2) is 10.3 Å². The van der Waals surface area contributed by atoms with Crippen molar-refractivity contribution in [3.05, 3.63) is 20.5 Å². The predicted octanol–water partition coefficient (Wildman–Crippen LogP) is 1.22. The van der Waals surface area contributed by atoms with Gasteiger partial charge in [-0.3, -0.25) is 10.1 Å². The normalized spacial score (nSPS) is 11.6. The number of rotatable bonds is 3. The summed E-state index contributed by atoms with van der Waals surface area (Å²) >= 11 is 6.14. The van der Waals surface area contributed by atoms with Crippen molar-refractivity contribution in [2.75, 3.05) is 7.05 Å². The van der Waals surface area contributed by atoms with Crippen molar-refractivity contribution in [2.45, 2.75) is 4.21 Å². The summed E-state index contributed by atoms with van der Waals surface area (Å²) in [4.78, 5) is 9.63. The maximum atomic E-state index is 11.2. The van der Waals surface area contributed by atoms with Gasteiger partial charge in [0.05, 0.1) is 4.92 Å². The van der Waals surface area contributed by atoms with Crippen LogP contribution in [-0.2, 0) is 10.0 Å². The smallest absolute Gasteiger partial charge is 0.258 e. The first kappa shape index (κ1) is 11.4. The lowest BCUT2D eigenvalue weighted by molar-refractivity contribution is -0.384. The molecule has 0 bridgehead atoms. The lowest BCUT2D eigenvalue weighted by Gasteiger charge is -1.94. The molecule has 1 rings (SSSR count). The standard InChI is InChI=1S/C5H5ClN2O4S2/c1-7-14(11,12)4-2-3(8(9)10)5(6)13-4/h2,7H,1H3. The zero-order valence-electron chi connectivity index (χ0n) is 6.85. The Balaban J connectivity index is 3.29. The molecule has 6 nitrogen and oxygen atoms in total. The van der Waals surface area contributed by atoms with Gasteiger partial charge < -0.3 is 0 Å². The lowest BCUT2D eigenvalue weighted by Crippen LogP contribution is -2.17. The van der Waals surface area contributed by atoms with Crippen molar-refractivity contribution < 1.29 is 13.3 Å². The first-order valence-electron chi connectivity index (χ1n) is 3.25. The van der Waals surface area contributed by atoms with Crippen molar-refractivity contribution in [1.29, 1.82) is 0 Å². The van der Waals surface area contributed by atoms with E-state index in [2.05, 4.69) is 0 Å². The van der Waals surface area contributed by atoms with Crippen molar-refractivity contribution >= 4 is 38.6 Å². The monoisotopic (exact) mass is 256 g/mol. The number of thiophene rings is 1. The molecule has 9 heteroatoms. The molecule has 0 aliphatic heterocycles. The highest BCUT2D eigenvalue weighted by molar-refractivity contribution is 7.91.